The number of hydrogen-bond donors (Lipinski definition) is 3. The maximum atomic E-state index is 13.8. The standard InChI is InChI=1S/C26H35N6O10PS/c1-15-13-32(25(37)29-22(15)33)21-12-19(30-31-28)20(41-21)14-40-43(38,39-9-10-44-24(36)26(2,3)4)42-17-7-5-16(6-8-17)11-18(27)23(34)35/h5-8,13,18-21H,9-12,14,27H2,1-4H3,(H,34,35)(H,29,33,37)/t18-,19?,20+,21+,43?/m0/s1. The van der Waals surface area contributed by atoms with Gasteiger partial charge in [0.05, 0.1) is 25.4 Å². The summed E-state index contributed by atoms with van der Waals surface area (Å²) in [5.74, 6) is -0.932. The number of carboxylic acid groups (broad SMARTS) is 1. The molecule has 0 aliphatic carbocycles. The summed E-state index contributed by atoms with van der Waals surface area (Å²) < 4.78 is 37.6. The molecule has 0 bridgehead atoms. The van der Waals surface area contributed by atoms with E-state index in [0.717, 1.165) is 16.3 Å². The van der Waals surface area contributed by atoms with Gasteiger partial charge in [0, 0.05) is 34.3 Å². The number of nitrogens with zero attached hydrogens (tertiary/aromatic N) is 4. The first-order valence-electron chi connectivity index (χ1n) is 13.5. The molecule has 0 spiro atoms. The molecular weight excluding hydrogens is 619 g/mol. The fourth-order valence-electron chi connectivity index (χ4n) is 3.94. The second-order valence-electron chi connectivity index (χ2n) is 11.0. The van der Waals surface area contributed by atoms with Gasteiger partial charge in [0.2, 0.25) is 0 Å². The SMILES string of the molecule is Cc1cn([C@H]2CC(N=[N+]=[N-])[C@@H](COP(=O)(OCCSC(=O)C(C)(C)C)Oc3ccc(C[C@H](N)C(=O)O)cc3)O2)c(=O)[nH]c1=O. The molecule has 1 aromatic carbocycles. The normalized spacial score (nSPS) is 20.3. The topological polar surface area (TPSA) is 238 Å². The van der Waals surface area contributed by atoms with Gasteiger partial charge < -0.3 is 20.1 Å². The van der Waals surface area contributed by atoms with Crippen molar-refractivity contribution in [1.29, 1.82) is 0 Å². The summed E-state index contributed by atoms with van der Waals surface area (Å²) >= 11 is 0.999. The third-order valence-electron chi connectivity index (χ3n) is 6.35. The van der Waals surface area contributed by atoms with Crippen LogP contribution < -0.4 is 21.5 Å². The molecule has 2 heterocycles. The molecule has 18 heteroatoms. The van der Waals surface area contributed by atoms with E-state index in [-0.39, 0.29) is 41.6 Å². The molecule has 16 nitrogen and oxygen atoms in total. The number of phosphoric ester groups is 1. The Morgan fingerprint density at radius 2 is 1.98 bits per heavy atom. The summed E-state index contributed by atoms with van der Waals surface area (Å²) in [6, 6.07) is 4.03. The van der Waals surface area contributed by atoms with Crippen LogP contribution in [0.3, 0.4) is 0 Å². The molecule has 1 aromatic heterocycles. The number of azide groups is 1. The number of aliphatic carboxylic acids is 1. The number of rotatable bonds is 14. The molecule has 0 radical (unpaired) electrons. The van der Waals surface area contributed by atoms with Crippen LogP contribution in [0.1, 0.15) is 44.5 Å². The Morgan fingerprint density at radius 1 is 1.30 bits per heavy atom. The molecule has 0 saturated carbocycles. The number of aryl methyl sites for hydroxylation is 1. The van der Waals surface area contributed by atoms with Gasteiger partial charge in [-0.05, 0) is 36.6 Å². The second kappa shape index (κ2) is 15.0. The molecule has 0 amide bonds. The monoisotopic (exact) mass is 654 g/mol. The van der Waals surface area contributed by atoms with E-state index in [4.69, 9.17) is 34.7 Å². The van der Waals surface area contributed by atoms with Gasteiger partial charge in [-0.25, -0.2) is 9.36 Å². The summed E-state index contributed by atoms with van der Waals surface area (Å²) in [6.45, 7) is 6.20. The molecule has 1 saturated heterocycles. The van der Waals surface area contributed by atoms with Crippen molar-refractivity contribution in [2.45, 2.75) is 65.0 Å². The van der Waals surface area contributed by atoms with E-state index < -0.39 is 61.5 Å². The molecular formula is C26H35N6O10PS. The Balaban J connectivity index is 1.76. The van der Waals surface area contributed by atoms with E-state index >= 15 is 0 Å². The number of aromatic nitrogens is 2. The average molecular weight is 655 g/mol. The summed E-state index contributed by atoms with van der Waals surface area (Å²) in [4.78, 5) is 52.5. The minimum atomic E-state index is -4.39. The number of benzene rings is 1. The molecule has 3 rings (SSSR count). The lowest BCUT2D eigenvalue weighted by atomic mass is 10.00. The Kier molecular flexibility index (Phi) is 12.0. The van der Waals surface area contributed by atoms with Crippen LogP contribution in [-0.4, -0.2) is 62.9 Å². The number of aromatic amines is 1. The number of thioether (sulfide) groups is 1. The van der Waals surface area contributed by atoms with Gasteiger partial charge in [-0.1, -0.05) is 49.8 Å². The highest BCUT2D eigenvalue weighted by Crippen LogP contribution is 2.50. The lowest BCUT2D eigenvalue weighted by molar-refractivity contribution is -0.138. The van der Waals surface area contributed by atoms with Gasteiger partial charge in [-0.15, -0.1) is 0 Å². The Hall–Kier alpha value is -3.43. The zero-order valence-electron chi connectivity index (χ0n) is 24.6. The number of carbonyl (C=O) groups excluding carboxylic acids is 1. The Labute approximate surface area is 256 Å². The van der Waals surface area contributed by atoms with Crippen LogP contribution in [0.2, 0.25) is 0 Å². The van der Waals surface area contributed by atoms with Crippen LogP contribution in [-0.2, 0) is 34.4 Å². The first-order chi connectivity index (χ1) is 20.6. The van der Waals surface area contributed by atoms with E-state index in [0.29, 0.717) is 5.56 Å². The fraction of sp³-hybridized carbons (Fsp3) is 0.538. The summed E-state index contributed by atoms with van der Waals surface area (Å²) in [7, 11) is -4.39. The van der Waals surface area contributed by atoms with E-state index in [1.54, 1.807) is 32.9 Å². The van der Waals surface area contributed by atoms with Crippen LogP contribution in [0, 0.1) is 12.3 Å². The van der Waals surface area contributed by atoms with Crippen molar-refractivity contribution in [1.82, 2.24) is 9.55 Å². The lowest BCUT2D eigenvalue weighted by Crippen LogP contribution is -2.33. The van der Waals surface area contributed by atoms with Crippen LogP contribution in [0.4, 0.5) is 0 Å². The molecule has 44 heavy (non-hydrogen) atoms. The summed E-state index contributed by atoms with van der Waals surface area (Å²) in [6.07, 6.45) is -0.470. The smallest absolute Gasteiger partial charge is 0.480 e. The molecule has 1 fully saturated rings. The van der Waals surface area contributed by atoms with Gasteiger partial charge in [-0.3, -0.25) is 33.0 Å². The third kappa shape index (κ3) is 9.79. The second-order valence-corrected chi connectivity index (χ2v) is 13.6. The molecule has 2 aromatic rings. The van der Waals surface area contributed by atoms with Crippen molar-refractivity contribution in [3.8, 4) is 5.75 Å². The highest BCUT2D eigenvalue weighted by molar-refractivity contribution is 8.13. The van der Waals surface area contributed by atoms with Crippen molar-refractivity contribution in [2.75, 3.05) is 19.0 Å². The van der Waals surface area contributed by atoms with Gasteiger partial charge in [0.15, 0.2) is 5.12 Å². The number of nitrogens with one attached hydrogen (secondary N) is 1. The minimum Gasteiger partial charge on any atom is -0.480 e. The molecule has 4 N–H and O–H groups in total. The maximum Gasteiger partial charge on any atom is 0.530 e. The zero-order chi connectivity index (χ0) is 32.7. The Morgan fingerprint density at radius 3 is 2.59 bits per heavy atom. The van der Waals surface area contributed by atoms with E-state index in [1.165, 1.54) is 25.3 Å². The van der Waals surface area contributed by atoms with E-state index in [1.807, 2.05) is 0 Å². The highest BCUT2D eigenvalue weighted by atomic mass is 32.2. The predicted octanol–water partition coefficient (Wildman–Crippen LogP) is 3.29. The maximum absolute atomic E-state index is 13.8. The largest absolute Gasteiger partial charge is 0.530 e. The number of carbonyl (C=O) groups is 2. The average Bonchev–Trinajstić information content (AvgIpc) is 3.35. The molecule has 1 aliphatic rings. The Bertz CT molecular complexity index is 1550. The minimum absolute atomic E-state index is 0.0538. The molecule has 1 aliphatic heterocycles. The number of H-pyrrole nitrogens is 1. The number of hydrogen-bond acceptors (Lipinski definition) is 12. The van der Waals surface area contributed by atoms with Gasteiger partial charge in [-0.2, -0.15) is 0 Å². The van der Waals surface area contributed by atoms with Crippen LogP contribution >= 0.6 is 19.6 Å². The first-order valence-corrected chi connectivity index (χ1v) is 15.9. The van der Waals surface area contributed by atoms with Crippen LogP contribution in [0.25, 0.3) is 10.4 Å². The third-order valence-corrected chi connectivity index (χ3v) is 8.99. The van der Waals surface area contributed by atoms with E-state index in [2.05, 4.69) is 15.0 Å². The number of carboxylic acids is 1. The molecule has 240 valence electrons. The van der Waals surface area contributed by atoms with Crippen molar-refractivity contribution >= 4 is 30.7 Å². The fourth-order valence-corrected chi connectivity index (χ4v) is 6.05. The van der Waals surface area contributed by atoms with Gasteiger partial charge >= 0.3 is 19.5 Å². The summed E-state index contributed by atoms with van der Waals surface area (Å²) in [5.41, 5.74) is 13.7. The van der Waals surface area contributed by atoms with Gasteiger partial charge in [0.25, 0.3) is 5.56 Å². The van der Waals surface area contributed by atoms with Crippen LogP contribution in [0.5, 0.6) is 5.75 Å². The number of phosphoric acid groups is 1. The van der Waals surface area contributed by atoms with Gasteiger partial charge in [0.1, 0.15) is 18.0 Å². The van der Waals surface area contributed by atoms with Crippen molar-refractivity contribution < 1.29 is 37.6 Å². The zero-order valence-corrected chi connectivity index (χ0v) is 26.3. The number of nitrogens with two attached hydrogens (primary N) is 1. The van der Waals surface area contributed by atoms with Crippen LogP contribution in [0.15, 0.2) is 45.2 Å². The molecule has 5 atom stereocenters. The summed E-state index contributed by atoms with van der Waals surface area (Å²) in [5, 5.41) is 12.7. The predicted molar refractivity (Wildman–Crippen MR) is 160 cm³/mol. The first kappa shape index (κ1) is 35.1. The molecule has 2 unspecified atom stereocenters. The van der Waals surface area contributed by atoms with Crippen molar-refractivity contribution in [2.24, 2.45) is 16.3 Å². The van der Waals surface area contributed by atoms with Crippen molar-refractivity contribution in [3.05, 3.63) is 72.9 Å². The van der Waals surface area contributed by atoms with Crippen molar-refractivity contribution in [3.63, 3.8) is 0 Å². The quantitative estimate of drug-likeness (QED) is 0.0874. The highest BCUT2D eigenvalue weighted by Gasteiger charge is 2.39. The lowest BCUT2D eigenvalue weighted by Gasteiger charge is -2.22. The van der Waals surface area contributed by atoms with E-state index in [9.17, 15) is 23.7 Å². The number of ether oxygens (including phenoxy) is 1.